The molecule has 7 heteroatoms. The summed E-state index contributed by atoms with van der Waals surface area (Å²) in [4.78, 5) is 12.1. The summed E-state index contributed by atoms with van der Waals surface area (Å²) in [6, 6.07) is 6.06. The van der Waals surface area contributed by atoms with Gasteiger partial charge in [-0.3, -0.25) is 4.79 Å². The summed E-state index contributed by atoms with van der Waals surface area (Å²) in [7, 11) is 0. The maximum Gasteiger partial charge on any atom is 0.233 e. The molecule has 0 spiro atoms. The van der Waals surface area contributed by atoms with Crippen molar-refractivity contribution in [2.24, 2.45) is 5.92 Å². The molecule has 1 amide bonds. The third-order valence-electron chi connectivity index (χ3n) is 3.51. The van der Waals surface area contributed by atoms with Crippen molar-refractivity contribution in [3.8, 4) is 5.69 Å². The number of benzene rings is 1. The predicted octanol–water partition coefficient (Wildman–Crippen LogP) is 2.53. The van der Waals surface area contributed by atoms with Gasteiger partial charge in [-0.2, -0.15) is 4.68 Å². The van der Waals surface area contributed by atoms with Crippen LogP contribution in [0.4, 0.5) is 0 Å². The topological polar surface area (TPSA) is 72.7 Å². The normalized spacial score (nSPS) is 12.4. The third-order valence-corrected chi connectivity index (χ3v) is 4.54. The Morgan fingerprint density at radius 2 is 2.00 bits per heavy atom. The Morgan fingerprint density at radius 3 is 2.65 bits per heavy atom. The Labute approximate surface area is 141 Å². The molecule has 1 heterocycles. The molecule has 0 aliphatic carbocycles. The second-order valence-electron chi connectivity index (χ2n) is 6.04. The molecule has 1 N–H and O–H groups in total. The first-order valence-electron chi connectivity index (χ1n) is 7.69. The Morgan fingerprint density at radius 1 is 1.26 bits per heavy atom. The molecule has 0 saturated carbocycles. The van der Waals surface area contributed by atoms with Crippen LogP contribution in [0.15, 0.2) is 23.4 Å². The number of carbonyl (C=O) groups excluding carboxylic acids is 1. The van der Waals surface area contributed by atoms with E-state index in [0.29, 0.717) is 17.6 Å². The Hall–Kier alpha value is -1.89. The lowest BCUT2D eigenvalue weighted by molar-refractivity contribution is -0.120. The molecule has 0 saturated heterocycles. The van der Waals surface area contributed by atoms with Crippen LogP contribution >= 0.6 is 11.8 Å². The number of thioether (sulfide) groups is 1. The van der Waals surface area contributed by atoms with Crippen LogP contribution in [0.1, 0.15) is 31.9 Å². The number of carbonyl (C=O) groups is 1. The van der Waals surface area contributed by atoms with Crippen LogP contribution in [0.3, 0.4) is 0 Å². The van der Waals surface area contributed by atoms with Gasteiger partial charge in [0.2, 0.25) is 11.1 Å². The number of nitrogens with one attached hydrogen (secondary N) is 1. The van der Waals surface area contributed by atoms with Crippen LogP contribution in [-0.2, 0) is 4.79 Å². The summed E-state index contributed by atoms with van der Waals surface area (Å²) >= 11 is 1.36. The summed E-state index contributed by atoms with van der Waals surface area (Å²) in [6.45, 7) is 10.8. The van der Waals surface area contributed by atoms with Gasteiger partial charge >= 0.3 is 0 Å². The van der Waals surface area contributed by atoms with Crippen LogP contribution in [0.2, 0.25) is 0 Å². The molecule has 124 valence electrons. The number of aromatic nitrogens is 4. The van der Waals surface area contributed by atoms with Gasteiger partial charge in [-0.1, -0.05) is 31.7 Å². The number of amides is 1. The van der Waals surface area contributed by atoms with Gasteiger partial charge in [0.05, 0.1) is 10.9 Å². The average molecular weight is 333 g/mol. The highest BCUT2D eigenvalue weighted by atomic mass is 32.2. The standard InChI is InChI=1S/C16H23N5OS/c1-10(2)9-17-15(22)13(5)23-16-18-19-20-21(16)14-7-6-11(3)12(4)8-14/h6-8,10,13H,9H2,1-5H3,(H,17,22). The maximum absolute atomic E-state index is 12.1. The third kappa shape index (κ3) is 4.54. The van der Waals surface area contributed by atoms with E-state index in [1.165, 1.54) is 22.9 Å². The monoisotopic (exact) mass is 333 g/mol. The Kier molecular flexibility index (Phi) is 5.76. The van der Waals surface area contributed by atoms with E-state index in [4.69, 9.17) is 0 Å². The lowest BCUT2D eigenvalue weighted by Gasteiger charge is -2.13. The van der Waals surface area contributed by atoms with Gasteiger partial charge in [-0.15, -0.1) is 5.10 Å². The molecule has 6 nitrogen and oxygen atoms in total. The van der Waals surface area contributed by atoms with Crippen molar-refractivity contribution in [2.75, 3.05) is 6.54 Å². The smallest absolute Gasteiger partial charge is 0.233 e. The van der Waals surface area contributed by atoms with Crippen LogP contribution in [0.25, 0.3) is 5.69 Å². The van der Waals surface area contributed by atoms with E-state index in [-0.39, 0.29) is 11.2 Å². The molecular formula is C16H23N5OS. The van der Waals surface area contributed by atoms with Crippen molar-refractivity contribution in [3.63, 3.8) is 0 Å². The average Bonchev–Trinajstić information content (AvgIpc) is 2.95. The Bertz CT molecular complexity index is 683. The van der Waals surface area contributed by atoms with Crippen LogP contribution in [-0.4, -0.2) is 37.9 Å². The second-order valence-corrected chi connectivity index (χ2v) is 7.35. The van der Waals surface area contributed by atoms with Crippen LogP contribution in [0.5, 0.6) is 0 Å². The zero-order valence-corrected chi connectivity index (χ0v) is 15.0. The minimum Gasteiger partial charge on any atom is -0.355 e. The van der Waals surface area contributed by atoms with Gasteiger partial charge in [0.15, 0.2) is 0 Å². The van der Waals surface area contributed by atoms with E-state index in [2.05, 4.69) is 48.5 Å². The summed E-state index contributed by atoms with van der Waals surface area (Å²) in [5, 5.41) is 15.1. The van der Waals surface area contributed by atoms with Crippen molar-refractivity contribution in [1.29, 1.82) is 0 Å². The van der Waals surface area contributed by atoms with E-state index in [9.17, 15) is 4.79 Å². The van der Waals surface area contributed by atoms with Crippen molar-refractivity contribution in [1.82, 2.24) is 25.5 Å². The summed E-state index contributed by atoms with van der Waals surface area (Å²) in [5.41, 5.74) is 3.30. The highest BCUT2D eigenvalue weighted by Crippen LogP contribution is 2.23. The molecule has 1 aromatic heterocycles. The van der Waals surface area contributed by atoms with Gasteiger partial charge in [0.25, 0.3) is 0 Å². The molecule has 2 rings (SSSR count). The molecule has 0 aliphatic rings. The van der Waals surface area contributed by atoms with E-state index in [1.807, 2.05) is 25.1 Å². The lowest BCUT2D eigenvalue weighted by atomic mass is 10.1. The largest absolute Gasteiger partial charge is 0.355 e. The fraction of sp³-hybridized carbons (Fsp3) is 0.500. The second kappa shape index (κ2) is 7.59. The fourth-order valence-electron chi connectivity index (χ4n) is 1.93. The number of aryl methyl sites for hydroxylation is 2. The number of hydrogen-bond acceptors (Lipinski definition) is 5. The number of nitrogens with zero attached hydrogens (tertiary/aromatic N) is 4. The highest BCUT2D eigenvalue weighted by Gasteiger charge is 2.19. The zero-order chi connectivity index (χ0) is 17.0. The molecule has 0 fully saturated rings. The van der Waals surface area contributed by atoms with Crippen molar-refractivity contribution in [2.45, 2.75) is 45.0 Å². The molecule has 0 aliphatic heterocycles. The Balaban J connectivity index is 2.11. The van der Waals surface area contributed by atoms with Gasteiger partial charge in [-0.05, 0) is 60.4 Å². The summed E-state index contributed by atoms with van der Waals surface area (Å²) in [5.74, 6) is 0.426. The summed E-state index contributed by atoms with van der Waals surface area (Å²) in [6.07, 6.45) is 0. The number of tetrazole rings is 1. The molecule has 2 aromatic rings. The number of hydrogen-bond donors (Lipinski definition) is 1. The van der Waals surface area contributed by atoms with E-state index < -0.39 is 0 Å². The van der Waals surface area contributed by atoms with Crippen molar-refractivity contribution >= 4 is 17.7 Å². The first kappa shape index (κ1) is 17.5. The molecule has 1 atom stereocenters. The van der Waals surface area contributed by atoms with Gasteiger partial charge in [0, 0.05) is 6.54 Å². The molecule has 0 radical (unpaired) electrons. The molecule has 0 bridgehead atoms. The van der Waals surface area contributed by atoms with Crippen LogP contribution in [0, 0.1) is 19.8 Å². The fourth-order valence-corrected chi connectivity index (χ4v) is 2.76. The molecular weight excluding hydrogens is 310 g/mol. The van der Waals surface area contributed by atoms with Crippen molar-refractivity contribution < 1.29 is 4.79 Å². The minimum atomic E-state index is -0.259. The maximum atomic E-state index is 12.1. The minimum absolute atomic E-state index is 0.00154. The lowest BCUT2D eigenvalue weighted by Crippen LogP contribution is -2.33. The predicted molar refractivity (Wildman–Crippen MR) is 91.8 cm³/mol. The SMILES string of the molecule is Cc1ccc(-n2nnnc2SC(C)C(=O)NCC(C)C)cc1C. The quantitative estimate of drug-likeness (QED) is 0.823. The van der Waals surface area contributed by atoms with Crippen LogP contribution < -0.4 is 5.32 Å². The number of rotatable bonds is 6. The van der Waals surface area contributed by atoms with Crippen molar-refractivity contribution in [3.05, 3.63) is 29.3 Å². The van der Waals surface area contributed by atoms with E-state index >= 15 is 0 Å². The van der Waals surface area contributed by atoms with Gasteiger partial charge in [0.1, 0.15) is 0 Å². The summed E-state index contributed by atoms with van der Waals surface area (Å²) < 4.78 is 1.67. The first-order chi connectivity index (χ1) is 10.9. The highest BCUT2D eigenvalue weighted by molar-refractivity contribution is 8.00. The molecule has 1 aromatic carbocycles. The molecule has 23 heavy (non-hydrogen) atoms. The van der Waals surface area contributed by atoms with Gasteiger partial charge in [-0.25, -0.2) is 0 Å². The molecule has 1 unspecified atom stereocenters. The first-order valence-corrected chi connectivity index (χ1v) is 8.56. The zero-order valence-electron chi connectivity index (χ0n) is 14.2. The van der Waals surface area contributed by atoms with E-state index in [0.717, 1.165) is 5.69 Å². The van der Waals surface area contributed by atoms with Gasteiger partial charge < -0.3 is 5.32 Å². The van der Waals surface area contributed by atoms with E-state index in [1.54, 1.807) is 4.68 Å².